The number of benzene rings is 2. The van der Waals surface area contributed by atoms with Crippen LogP contribution in [-0.2, 0) is 11.2 Å². The molecule has 1 heterocycles. The lowest BCUT2D eigenvalue weighted by molar-refractivity contribution is 0.0834. The fourth-order valence-electron chi connectivity index (χ4n) is 3.50. The summed E-state index contributed by atoms with van der Waals surface area (Å²) in [5, 5.41) is 2.79. The van der Waals surface area contributed by atoms with Crippen molar-refractivity contribution in [2.24, 2.45) is 5.92 Å². The molecular weight excluding hydrogens is 208 g/mol. The van der Waals surface area contributed by atoms with Crippen molar-refractivity contribution in [1.29, 1.82) is 0 Å². The SMILES string of the molecule is c1ccc2c3c(ccc2c1)C1OCCC1CC3. The summed E-state index contributed by atoms with van der Waals surface area (Å²) in [7, 11) is 0. The minimum Gasteiger partial charge on any atom is -0.373 e. The molecule has 0 N–H and O–H groups in total. The Bertz CT molecular complexity index is 573. The first-order valence-electron chi connectivity index (χ1n) is 6.55. The van der Waals surface area contributed by atoms with Crippen LogP contribution in [0.5, 0.6) is 0 Å². The first-order valence-corrected chi connectivity index (χ1v) is 6.55. The van der Waals surface area contributed by atoms with E-state index >= 15 is 0 Å². The van der Waals surface area contributed by atoms with Crippen molar-refractivity contribution < 1.29 is 4.74 Å². The fourth-order valence-corrected chi connectivity index (χ4v) is 3.50. The molecule has 17 heavy (non-hydrogen) atoms. The van der Waals surface area contributed by atoms with Crippen LogP contribution in [0, 0.1) is 5.92 Å². The van der Waals surface area contributed by atoms with E-state index in [-0.39, 0.29) is 0 Å². The lowest BCUT2D eigenvalue weighted by Crippen LogP contribution is -2.16. The van der Waals surface area contributed by atoms with Crippen molar-refractivity contribution in [2.45, 2.75) is 25.4 Å². The van der Waals surface area contributed by atoms with Gasteiger partial charge in [-0.1, -0.05) is 36.4 Å². The van der Waals surface area contributed by atoms with Gasteiger partial charge in [-0.15, -0.1) is 0 Å². The van der Waals surface area contributed by atoms with Crippen molar-refractivity contribution in [2.75, 3.05) is 6.61 Å². The molecule has 1 heteroatoms. The summed E-state index contributed by atoms with van der Waals surface area (Å²) in [4.78, 5) is 0. The average Bonchev–Trinajstić information content (AvgIpc) is 2.86. The van der Waals surface area contributed by atoms with Gasteiger partial charge < -0.3 is 4.74 Å². The summed E-state index contributed by atoms with van der Waals surface area (Å²) in [5.74, 6) is 0.767. The van der Waals surface area contributed by atoms with Crippen molar-refractivity contribution in [3.63, 3.8) is 0 Å². The predicted octanol–water partition coefficient (Wildman–Crippen LogP) is 3.86. The summed E-state index contributed by atoms with van der Waals surface area (Å²) in [5.41, 5.74) is 2.99. The molecule has 1 aliphatic carbocycles. The van der Waals surface area contributed by atoms with Crippen molar-refractivity contribution >= 4 is 10.8 Å². The van der Waals surface area contributed by atoms with Crippen LogP contribution in [0.4, 0.5) is 0 Å². The highest BCUT2D eigenvalue weighted by Crippen LogP contribution is 2.44. The Morgan fingerprint density at radius 2 is 1.94 bits per heavy atom. The van der Waals surface area contributed by atoms with Gasteiger partial charge in [-0.2, -0.15) is 0 Å². The fraction of sp³-hybridized carbons (Fsp3) is 0.375. The normalized spacial score (nSPS) is 26.8. The second-order valence-corrected chi connectivity index (χ2v) is 5.23. The molecule has 1 aliphatic heterocycles. The number of fused-ring (bicyclic) bond motifs is 5. The highest BCUT2D eigenvalue weighted by Gasteiger charge is 2.34. The number of hydrogen-bond donors (Lipinski definition) is 0. The zero-order valence-electron chi connectivity index (χ0n) is 9.86. The molecule has 2 aromatic rings. The minimum atomic E-state index is 0.378. The van der Waals surface area contributed by atoms with Gasteiger partial charge in [0, 0.05) is 6.61 Å². The second kappa shape index (κ2) is 3.58. The van der Waals surface area contributed by atoms with Gasteiger partial charge in [0.15, 0.2) is 0 Å². The number of ether oxygens (including phenoxy) is 1. The molecule has 2 aliphatic rings. The summed E-state index contributed by atoms with van der Waals surface area (Å²) < 4.78 is 5.93. The zero-order valence-corrected chi connectivity index (χ0v) is 9.86. The van der Waals surface area contributed by atoms with Crippen molar-refractivity contribution in [3.8, 4) is 0 Å². The van der Waals surface area contributed by atoms with E-state index in [0.29, 0.717) is 6.10 Å². The second-order valence-electron chi connectivity index (χ2n) is 5.23. The largest absolute Gasteiger partial charge is 0.373 e. The Hall–Kier alpha value is -1.34. The summed E-state index contributed by atoms with van der Waals surface area (Å²) >= 11 is 0. The standard InChI is InChI=1S/C16H16O/c1-2-4-13-11(3-1)5-8-15-14(13)7-6-12-9-10-17-16(12)15/h1-5,8,12,16H,6-7,9-10H2. The molecule has 0 amide bonds. The van der Waals surface area contributed by atoms with Gasteiger partial charge in [0.25, 0.3) is 0 Å². The van der Waals surface area contributed by atoms with E-state index in [9.17, 15) is 0 Å². The topological polar surface area (TPSA) is 9.23 Å². The molecule has 2 aromatic carbocycles. The van der Waals surface area contributed by atoms with Gasteiger partial charge in [0.2, 0.25) is 0 Å². The molecule has 1 fully saturated rings. The van der Waals surface area contributed by atoms with Gasteiger partial charge >= 0.3 is 0 Å². The van der Waals surface area contributed by atoms with E-state index in [1.807, 2.05) is 0 Å². The van der Waals surface area contributed by atoms with Crippen LogP contribution in [0.2, 0.25) is 0 Å². The van der Waals surface area contributed by atoms with E-state index in [2.05, 4.69) is 36.4 Å². The summed E-state index contributed by atoms with van der Waals surface area (Å²) in [6.07, 6.45) is 4.15. The third-order valence-electron chi connectivity index (χ3n) is 4.36. The lowest BCUT2D eigenvalue weighted by Gasteiger charge is -2.28. The van der Waals surface area contributed by atoms with Crippen molar-refractivity contribution in [1.82, 2.24) is 0 Å². The molecule has 2 atom stereocenters. The molecule has 0 aromatic heterocycles. The maximum Gasteiger partial charge on any atom is 0.0856 e. The van der Waals surface area contributed by atoms with Crippen LogP contribution < -0.4 is 0 Å². The van der Waals surface area contributed by atoms with Gasteiger partial charge in [0.1, 0.15) is 0 Å². The summed E-state index contributed by atoms with van der Waals surface area (Å²) in [6.45, 7) is 0.946. The molecule has 0 radical (unpaired) electrons. The highest BCUT2D eigenvalue weighted by atomic mass is 16.5. The third-order valence-corrected chi connectivity index (χ3v) is 4.36. The van der Waals surface area contributed by atoms with Gasteiger partial charge in [0.05, 0.1) is 6.10 Å². The Balaban J connectivity index is 1.97. The molecular formula is C16H16O. The first kappa shape index (κ1) is 9.67. The van der Waals surface area contributed by atoms with Crippen LogP contribution in [0.1, 0.15) is 30.1 Å². The van der Waals surface area contributed by atoms with Crippen LogP contribution >= 0.6 is 0 Å². The molecule has 0 saturated carbocycles. The molecule has 1 nitrogen and oxygen atoms in total. The smallest absolute Gasteiger partial charge is 0.0856 e. The molecule has 2 unspecified atom stereocenters. The van der Waals surface area contributed by atoms with Gasteiger partial charge in [-0.05, 0) is 47.1 Å². The number of rotatable bonds is 0. The predicted molar refractivity (Wildman–Crippen MR) is 69.1 cm³/mol. The minimum absolute atomic E-state index is 0.378. The Morgan fingerprint density at radius 1 is 1.00 bits per heavy atom. The lowest BCUT2D eigenvalue weighted by atomic mass is 9.79. The number of hydrogen-bond acceptors (Lipinski definition) is 1. The van der Waals surface area contributed by atoms with E-state index < -0.39 is 0 Å². The Labute approximate surface area is 101 Å². The maximum absolute atomic E-state index is 5.93. The van der Waals surface area contributed by atoms with Crippen LogP contribution in [-0.4, -0.2) is 6.61 Å². The summed E-state index contributed by atoms with van der Waals surface area (Å²) in [6, 6.07) is 13.3. The highest BCUT2D eigenvalue weighted by molar-refractivity contribution is 5.87. The van der Waals surface area contributed by atoms with E-state index in [1.54, 1.807) is 0 Å². The Kier molecular flexibility index (Phi) is 2.03. The monoisotopic (exact) mass is 224 g/mol. The van der Waals surface area contributed by atoms with Gasteiger partial charge in [-0.3, -0.25) is 0 Å². The molecule has 4 rings (SSSR count). The van der Waals surface area contributed by atoms with Crippen molar-refractivity contribution in [3.05, 3.63) is 47.5 Å². The van der Waals surface area contributed by atoms with Crippen LogP contribution in [0.3, 0.4) is 0 Å². The van der Waals surface area contributed by atoms with Crippen LogP contribution in [0.25, 0.3) is 10.8 Å². The molecule has 86 valence electrons. The molecule has 1 saturated heterocycles. The first-order chi connectivity index (χ1) is 8.43. The van der Waals surface area contributed by atoms with Crippen LogP contribution in [0.15, 0.2) is 36.4 Å². The van der Waals surface area contributed by atoms with E-state index in [0.717, 1.165) is 12.5 Å². The average molecular weight is 224 g/mol. The van der Waals surface area contributed by atoms with E-state index in [4.69, 9.17) is 4.74 Å². The maximum atomic E-state index is 5.93. The van der Waals surface area contributed by atoms with E-state index in [1.165, 1.54) is 41.2 Å². The Morgan fingerprint density at radius 3 is 2.94 bits per heavy atom. The quantitative estimate of drug-likeness (QED) is 0.660. The number of aryl methyl sites for hydroxylation is 1. The zero-order chi connectivity index (χ0) is 11.2. The molecule has 0 bridgehead atoms. The third kappa shape index (κ3) is 1.35. The van der Waals surface area contributed by atoms with Gasteiger partial charge in [-0.25, -0.2) is 0 Å². The molecule has 0 spiro atoms.